The first kappa shape index (κ1) is 26.4. The highest BCUT2D eigenvalue weighted by Gasteiger charge is 2.10. The van der Waals surface area contributed by atoms with Crippen molar-refractivity contribution in [1.82, 2.24) is 20.2 Å². The van der Waals surface area contributed by atoms with Gasteiger partial charge in [-0.3, -0.25) is 0 Å². The molecule has 0 bridgehead atoms. The Kier molecular flexibility index (Phi) is 12.0. The van der Waals surface area contributed by atoms with Gasteiger partial charge in [0.1, 0.15) is 22.2 Å². The molecule has 7 nitrogen and oxygen atoms in total. The van der Waals surface area contributed by atoms with E-state index in [4.69, 9.17) is 0 Å². The monoisotopic (exact) mass is 547 g/mol. The van der Waals surface area contributed by atoms with Gasteiger partial charge >= 0.3 is 0 Å². The Morgan fingerprint density at radius 1 is 1.27 bits per heavy atom. The van der Waals surface area contributed by atoms with Crippen LogP contribution in [-0.4, -0.2) is 48.5 Å². The maximum absolute atomic E-state index is 11.4. The first-order valence-corrected chi connectivity index (χ1v) is 12.2. The van der Waals surface area contributed by atoms with Gasteiger partial charge in [-0.15, -0.1) is 24.0 Å². The minimum Gasteiger partial charge on any atom is -0.357 e. The quantitative estimate of drug-likeness (QED) is 0.257. The molecule has 2 N–H and O–H groups in total. The minimum atomic E-state index is -2.96. The van der Waals surface area contributed by atoms with Gasteiger partial charge in [-0.25, -0.2) is 18.4 Å². The fraction of sp³-hybridized carbons (Fsp3) is 0.524. The topological polar surface area (TPSA) is 88.4 Å². The van der Waals surface area contributed by atoms with Gasteiger partial charge in [-0.2, -0.15) is 0 Å². The number of aliphatic imine (C=N–C) groups is 1. The summed E-state index contributed by atoms with van der Waals surface area (Å²) in [7, 11) is -2.96. The predicted octanol–water partition coefficient (Wildman–Crippen LogP) is 3.01. The first-order chi connectivity index (χ1) is 13.9. The van der Waals surface area contributed by atoms with Gasteiger partial charge in [0.25, 0.3) is 0 Å². The number of halogens is 1. The van der Waals surface area contributed by atoms with Gasteiger partial charge < -0.3 is 15.2 Å². The first-order valence-electron chi connectivity index (χ1n) is 10.1. The van der Waals surface area contributed by atoms with Crippen LogP contribution >= 0.6 is 24.0 Å². The molecule has 30 heavy (non-hydrogen) atoms. The van der Waals surface area contributed by atoms with Crippen molar-refractivity contribution < 1.29 is 8.42 Å². The molecule has 0 saturated heterocycles. The summed E-state index contributed by atoms with van der Waals surface area (Å²) < 4.78 is 24.9. The number of aryl methyl sites for hydroxylation is 2. The number of aromatic nitrogens is 2. The van der Waals surface area contributed by atoms with E-state index in [0.717, 1.165) is 31.8 Å². The van der Waals surface area contributed by atoms with Gasteiger partial charge in [-0.05, 0) is 38.7 Å². The maximum atomic E-state index is 11.4. The average Bonchev–Trinajstić information content (AvgIpc) is 3.12. The Balaban J connectivity index is 0.00000450. The molecule has 0 aliphatic rings. The molecule has 0 amide bonds. The lowest BCUT2D eigenvalue weighted by molar-refractivity contribution is 0.580. The number of rotatable bonds is 11. The van der Waals surface area contributed by atoms with Crippen molar-refractivity contribution in [2.45, 2.75) is 52.2 Å². The SMILES string of the molecule is CCNC(=NCc1nccn1CCCc1ccccc1)NC(C)CCS(C)(=O)=O.I. The van der Waals surface area contributed by atoms with E-state index in [-0.39, 0.29) is 35.8 Å². The number of hydrogen-bond donors (Lipinski definition) is 2. The fourth-order valence-electron chi connectivity index (χ4n) is 2.96. The van der Waals surface area contributed by atoms with Crippen molar-refractivity contribution >= 4 is 39.8 Å². The second-order valence-electron chi connectivity index (χ2n) is 7.29. The van der Waals surface area contributed by atoms with Crippen molar-refractivity contribution in [3.8, 4) is 0 Å². The van der Waals surface area contributed by atoms with E-state index in [0.29, 0.717) is 18.9 Å². The van der Waals surface area contributed by atoms with E-state index in [1.54, 1.807) is 0 Å². The van der Waals surface area contributed by atoms with E-state index in [1.165, 1.54) is 11.8 Å². The zero-order valence-electron chi connectivity index (χ0n) is 18.0. The van der Waals surface area contributed by atoms with Crippen LogP contribution in [0.1, 0.15) is 38.1 Å². The van der Waals surface area contributed by atoms with Gasteiger partial charge in [0.15, 0.2) is 5.96 Å². The number of imidazole rings is 1. The molecule has 1 aromatic heterocycles. The van der Waals surface area contributed by atoms with Crippen LogP contribution in [0.5, 0.6) is 0 Å². The number of benzene rings is 1. The van der Waals surface area contributed by atoms with Crippen LogP contribution in [-0.2, 0) is 29.3 Å². The molecule has 1 atom stereocenters. The predicted molar refractivity (Wildman–Crippen MR) is 134 cm³/mol. The highest BCUT2D eigenvalue weighted by atomic mass is 127. The largest absolute Gasteiger partial charge is 0.357 e. The lowest BCUT2D eigenvalue weighted by Gasteiger charge is -2.17. The number of hydrogen-bond acceptors (Lipinski definition) is 4. The summed E-state index contributed by atoms with van der Waals surface area (Å²) in [4.78, 5) is 9.07. The third-order valence-electron chi connectivity index (χ3n) is 4.54. The van der Waals surface area contributed by atoms with E-state index < -0.39 is 9.84 Å². The molecule has 0 saturated carbocycles. The van der Waals surface area contributed by atoms with Crippen LogP contribution in [0, 0.1) is 0 Å². The zero-order chi connectivity index (χ0) is 21.1. The van der Waals surface area contributed by atoms with Crippen LogP contribution in [0.25, 0.3) is 0 Å². The van der Waals surface area contributed by atoms with E-state index in [9.17, 15) is 8.42 Å². The molecule has 1 unspecified atom stereocenters. The molecular formula is C21H34IN5O2S. The summed E-state index contributed by atoms with van der Waals surface area (Å²) in [5.41, 5.74) is 1.34. The summed E-state index contributed by atoms with van der Waals surface area (Å²) in [6.07, 6.45) is 7.67. The summed E-state index contributed by atoms with van der Waals surface area (Å²) in [5, 5.41) is 6.48. The molecule has 0 aliphatic heterocycles. The molecule has 0 spiro atoms. The number of guanidine groups is 1. The Morgan fingerprint density at radius 3 is 2.67 bits per heavy atom. The molecule has 168 valence electrons. The lowest BCUT2D eigenvalue weighted by Crippen LogP contribution is -2.42. The Hall–Kier alpha value is -1.62. The fourth-order valence-corrected chi connectivity index (χ4v) is 3.74. The molecule has 9 heteroatoms. The summed E-state index contributed by atoms with van der Waals surface area (Å²) >= 11 is 0. The molecule has 1 heterocycles. The van der Waals surface area contributed by atoms with Crippen LogP contribution in [0.3, 0.4) is 0 Å². The second-order valence-corrected chi connectivity index (χ2v) is 9.54. The van der Waals surface area contributed by atoms with Crippen LogP contribution in [0.15, 0.2) is 47.7 Å². The molecule has 2 rings (SSSR count). The van der Waals surface area contributed by atoms with Gasteiger partial charge in [0, 0.05) is 37.8 Å². The van der Waals surface area contributed by atoms with Gasteiger partial charge in [-0.1, -0.05) is 30.3 Å². The van der Waals surface area contributed by atoms with Crippen molar-refractivity contribution in [1.29, 1.82) is 0 Å². The normalized spacial score (nSPS) is 12.8. The molecule has 0 aliphatic carbocycles. The van der Waals surface area contributed by atoms with E-state index in [1.807, 2.05) is 32.3 Å². The standard InChI is InChI=1S/C21H33N5O2S.HI/c1-4-22-21(25-18(2)12-16-29(3,27)28)24-17-20-23-13-15-26(20)14-8-11-19-9-6-5-7-10-19;/h5-7,9-10,13,15,18H,4,8,11-12,14,16-17H2,1-3H3,(H2,22,24,25);1H. The molecule has 0 fully saturated rings. The van der Waals surface area contributed by atoms with Crippen molar-refractivity contribution in [2.24, 2.45) is 4.99 Å². The summed E-state index contributed by atoms with van der Waals surface area (Å²) in [5.74, 6) is 1.75. The van der Waals surface area contributed by atoms with Crippen molar-refractivity contribution in [2.75, 3.05) is 18.6 Å². The molecule has 2 aromatic rings. The van der Waals surface area contributed by atoms with E-state index in [2.05, 4.69) is 49.4 Å². The zero-order valence-corrected chi connectivity index (χ0v) is 21.2. The Morgan fingerprint density at radius 2 is 2.00 bits per heavy atom. The number of sulfone groups is 1. The Labute approximate surface area is 197 Å². The number of nitrogens with one attached hydrogen (secondary N) is 2. The molecule has 0 radical (unpaired) electrons. The van der Waals surface area contributed by atoms with Crippen LogP contribution < -0.4 is 10.6 Å². The summed E-state index contributed by atoms with van der Waals surface area (Å²) in [6.45, 7) is 6.06. The average molecular weight is 548 g/mol. The smallest absolute Gasteiger partial charge is 0.191 e. The van der Waals surface area contributed by atoms with Gasteiger partial charge in [0.05, 0.1) is 5.75 Å². The van der Waals surface area contributed by atoms with Crippen molar-refractivity contribution in [3.63, 3.8) is 0 Å². The highest BCUT2D eigenvalue weighted by molar-refractivity contribution is 14.0. The molecule has 1 aromatic carbocycles. The lowest BCUT2D eigenvalue weighted by atomic mass is 10.1. The number of nitrogens with zero attached hydrogens (tertiary/aromatic N) is 3. The van der Waals surface area contributed by atoms with E-state index >= 15 is 0 Å². The van der Waals surface area contributed by atoms with Crippen molar-refractivity contribution in [3.05, 3.63) is 54.1 Å². The van der Waals surface area contributed by atoms with Gasteiger partial charge in [0.2, 0.25) is 0 Å². The third-order valence-corrected chi connectivity index (χ3v) is 5.51. The molecular weight excluding hydrogens is 513 g/mol. The second kappa shape index (κ2) is 13.6. The van der Waals surface area contributed by atoms with Crippen LogP contribution in [0.4, 0.5) is 0 Å². The third kappa shape index (κ3) is 10.4. The highest BCUT2D eigenvalue weighted by Crippen LogP contribution is 2.07. The maximum Gasteiger partial charge on any atom is 0.191 e. The van der Waals surface area contributed by atoms with Crippen LogP contribution in [0.2, 0.25) is 0 Å². The summed E-state index contributed by atoms with van der Waals surface area (Å²) in [6, 6.07) is 10.5. The Bertz CT molecular complexity index is 869. The minimum absolute atomic E-state index is 0.